The third-order valence-electron chi connectivity index (χ3n) is 7.06. The second-order valence-electron chi connectivity index (χ2n) is 13.1. The summed E-state index contributed by atoms with van der Waals surface area (Å²) in [6.45, 7) is 12.6. The molecule has 0 bridgehead atoms. The molecule has 1 heterocycles. The number of hydrogen-bond acceptors (Lipinski definition) is 7. The molecule has 7 heteroatoms. The molecule has 0 aromatic heterocycles. The maximum Gasteiger partial charge on any atom is 0.188 e. The van der Waals surface area contributed by atoms with Crippen LogP contribution in [-0.4, -0.2) is 31.4 Å². The molecule has 7 nitrogen and oxygen atoms in total. The molecule has 0 radical (unpaired) electrons. The van der Waals surface area contributed by atoms with E-state index < -0.39 is 17.3 Å². The van der Waals surface area contributed by atoms with Gasteiger partial charge < -0.3 is 28.4 Å². The Morgan fingerprint density at radius 3 is 1.96 bits per heavy atom. The zero-order valence-electron chi connectivity index (χ0n) is 27.1. The lowest BCUT2D eigenvalue weighted by Crippen LogP contribution is -2.25. The Balaban J connectivity index is 1.57. The number of methoxy groups -OCH3 is 1. The van der Waals surface area contributed by atoms with Crippen LogP contribution in [0.25, 0.3) is 0 Å². The molecule has 0 N–H and O–H groups in total. The number of rotatable bonds is 11. The number of carbonyl (C=O) groups excluding carboxylic acids is 1. The highest BCUT2D eigenvalue weighted by Crippen LogP contribution is 2.52. The summed E-state index contributed by atoms with van der Waals surface area (Å²) in [5.41, 5.74) is 3.43. The van der Waals surface area contributed by atoms with Crippen molar-refractivity contribution < 1.29 is 33.2 Å². The van der Waals surface area contributed by atoms with Crippen molar-refractivity contribution in [2.75, 3.05) is 13.9 Å². The van der Waals surface area contributed by atoms with Crippen LogP contribution in [0.2, 0.25) is 0 Å². The first-order valence-electron chi connectivity index (χ1n) is 15.1. The third-order valence-corrected chi connectivity index (χ3v) is 7.06. The molecular weight excluding hydrogens is 568 g/mol. The maximum absolute atomic E-state index is 12.2. The van der Waals surface area contributed by atoms with E-state index in [4.69, 9.17) is 28.4 Å². The van der Waals surface area contributed by atoms with Gasteiger partial charge in [-0.2, -0.15) is 0 Å². The molecule has 0 unspecified atom stereocenters. The van der Waals surface area contributed by atoms with Gasteiger partial charge in [-0.25, -0.2) is 0 Å². The molecule has 5 rings (SSSR count). The van der Waals surface area contributed by atoms with Gasteiger partial charge in [0.05, 0.1) is 11.5 Å². The van der Waals surface area contributed by atoms with E-state index >= 15 is 0 Å². The first-order valence-corrected chi connectivity index (χ1v) is 15.1. The molecule has 0 fully saturated rings. The smallest absolute Gasteiger partial charge is 0.188 e. The Morgan fingerprint density at radius 2 is 1.38 bits per heavy atom. The lowest BCUT2D eigenvalue weighted by molar-refractivity contribution is 0.0503. The normalized spacial score (nSPS) is 16.0. The van der Waals surface area contributed by atoms with Crippen molar-refractivity contribution in [3.8, 4) is 28.7 Å². The van der Waals surface area contributed by atoms with Crippen molar-refractivity contribution in [2.45, 2.75) is 71.4 Å². The first kappa shape index (κ1) is 31.9. The quantitative estimate of drug-likeness (QED) is 0.124. The number of benzene rings is 4. The van der Waals surface area contributed by atoms with E-state index in [1.165, 1.54) is 7.11 Å². The predicted octanol–water partition coefficient (Wildman–Crippen LogP) is 8.68. The van der Waals surface area contributed by atoms with Crippen molar-refractivity contribution in [3.05, 3.63) is 113 Å². The molecule has 4 aromatic rings. The van der Waals surface area contributed by atoms with Crippen LogP contribution in [0.15, 0.2) is 84.9 Å². The van der Waals surface area contributed by atoms with Crippen LogP contribution < -0.4 is 23.7 Å². The second-order valence-corrected chi connectivity index (χ2v) is 13.1. The molecule has 1 aliphatic rings. The Kier molecular flexibility index (Phi) is 9.40. The molecule has 0 saturated heterocycles. The van der Waals surface area contributed by atoms with E-state index in [1.54, 1.807) is 6.07 Å². The maximum atomic E-state index is 12.2. The van der Waals surface area contributed by atoms with Gasteiger partial charge in [0.2, 0.25) is 0 Å². The topological polar surface area (TPSA) is 72.5 Å². The SMILES string of the molecule is COCOc1cc2c(cc1C=O)[C@@H](c1cc(OC(C)(C)C)cc(OC(C)(C)C)c1)[C@@H](c1ccc(OCc3ccccc3)cc1)O2. The highest BCUT2D eigenvalue weighted by atomic mass is 16.7. The Bertz CT molecular complexity index is 1560. The van der Waals surface area contributed by atoms with Crippen LogP contribution in [0.1, 0.15) is 86.2 Å². The van der Waals surface area contributed by atoms with Gasteiger partial charge in [0.15, 0.2) is 13.1 Å². The zero-order chi connectivity index (χ0) is 32.2. The van der Waals surface area contributed by atoms with E-state index in [0.29, 0.717) is 35.2 Å². The lowest BCUT2D eigenvalue weighted by Gasteiger charge is -2.27. The molecule has 236 valence electrons. The summed E-state index contributed by atoms with van der Waals surface area (Å²) in [6.07, 6.45) is 0.384. The fraction of sp³-hybridized carbons (Fsp3) is 0.342. The van der Waals surface area contributed by atoms with Crippen LogP contribution in [0.5, 0.6) is 28.7 Å². The van der Waals surface area contributed by atoms with Gasteiger partial charge in [-0.15, -0.1) is 0 Å². The molecule has 2 atom stereocenters. The van der Waals surface area contributed by atoms with Crippen LogP contribution in [0, 0.1) is 0 Å². The predicted molar refractivity (Wildman–Crippen MR) is 174 cm³/mol. The average Bonchev–Trinajstić information content (AvgIpc) is 3.35. The average molecular weight is 611 g/mol. The van der Waals surface area contributed by atoms with Gasteiger partial charge >= 0.3 is 0 Å². The first-order chi connectivity index (χ1) is 21.4. The van der Waals surface area contributed by atoms with Gasteiger partial charge in [0.25, 0.3) is 0 Å². The number of fused-ring (bicyclic) bond motifs is 1. The Morgan fingerprint density at radius 1 is 0.733 bits per heavy atom. The molecular formula is C38H42O7. The number of carbonyl (C=O) groups is 1. The van der Waals surface area contributed by atoms with Crippen LogP contribution >= 0.6 is 0 Å². The van der Waals surface area contributed by atoms with Crippen LogP contribution in [0.4, 0.5) is 0 Å². The van der Waals surface area contributed by atoms with Gasteiger partial charge in [-0.1, -0.05) is 42.5 Å². The fourth-order valence-corrected chi connectivity index (χ4v) is 5.36. The summed E-state index contributed by atoms with van der Waals surface area (Å²) in [4.78, 5) is 12.2. The van der Waals surface area contributed by atoms with Crippen molar-refractivity contribution in [3.63, 3.8) is 0 Å². The van der Waals surface area contributed by atoms with E-state index in [2.05, 4.69) is 0 Å². The summed E-state index contributed by atoms with van der Waals surface area (Å²) in [5.74, 6) is 2.88. The summed E-state index contributed by atoms with van der Waals surface area (Å²) < 4.78 is 36.2. The second kappa shape index (κ2) is 13.2. The summed E-state index contributed by atoms with van der Waals surface area (Å²) in [5, 5.41) is 0. The molecule has 1 aliphatic heterocycles. The fourth-order valence-electron chi connectivity index (χ4n) is 5.36. The lowest BCUT2D eigenvalue weighted by atomic mass is 9.84. The standard InChI is InChI=1S/C38H42O7/c1-37(2,3)44-30-17-27(18-31(20-30)45-38(4,5)6)35-32-19-28(22-39)33(42-24-40-7)21-34(32)43-36(35)26-13-15-29(16-14-26)41-23-25-11-9-8-10-12-25/h8-22,35-36H,23-24H2,1-7H3/t35-,36-/m1/s1. The van der Waals surface area contributed by atoms with Crippen LogP contribution in [0.3, 0.4) is 0 Å². The third kappa shape index (κ3) is 8.17. The van der Waals surface area contributed by atoms with E-state index in [9.17, 15) is 4.79 Å². The van der Waals surface area contributed by atoms with Gasteiger partial charge in [-0.05, 0) is 88.6 Å². The highest BCUT2D eigenvalue weighted by molar-refractivity contribution is 5.81. The molecule has 0 aliphatic carbocycles. The highest BCUT2D eigenvalue weighted by Gasteiger charge is 2.39. The van der Waals surface area contributed by atoms with Crippen molar-refractivity contribution in [1.82, 2.24) is 0 Å². The minimum absolute atomic E-state index is 0.0105. The molecule has 0 amide bonds. The summed E-state index contributed by atoms with van der Waals surface area (Å²) in [6, 6.07) is 27.6. The number of aldehydes is 1. The molecule has 4 aromatic carbocycles. The van der Waals surface area contributed by atoms with Gasteiger partial charge in [0.1, 0.15) is 52.7 Å². The number of ether oxygens (including phenoxy) is 6. The van der Waals surface area contributed by atoms with Crippen molar-refractivity contribution in [1.29, 1.82) is 0 Å². The Hall–Kier alpha value is -4.49. The van der Waals surface area contributed by atoms with Gasteiger partial charge in [0, 0.05) is 24.8 Å². The molecule has 0 saturated carbocycles. The van der Waals surface area contributed by atoms with E-state index in [1.807, 2.05) is 120 Å². The van der Waals surface area contributed by atoms with E-state index in [0.717, 1.165) is 34.3 Å². The Labute approximate surface area is 266 Å². The molecule has 45 heavy (non-hydrogen) atoms. The van der Waals surface area contributed by atoms with Gasteiger partial charge in [-0.3, -0.25) is 4.79 Å². The minimum Gasteiger partial charge on any atom is -0.489 e. The summed E-state index contributed by atoms with van der Waals surface area (Å²) >= 11 is 0. The van der Waals surface area contributed by atoms with Crippen molar-refractivity contribution >= 4 is 6.29 Å². The molecule has 0 spiro atoms. The minimum atomic E-state index is -0.422. The zero-order valence-corrected chi connectivity index (χ0v) is 27.1. The monoisotopic (exact) mass is 610 g/mol. The van der Waals surface area contributed by atoms with Crippen LogP contribution in [-0.2, 0) is 11.3 Å². The van der Waals surface area contributed by atoms with Crippen molar-refractivity contribution in [2.24, 2.45) is 0 Å². The summed E-state index contributed by atoms with van der Waals surface area (Å²) in [7, 11) is 1.54. The van der Waals surface area contributed by atoms with E-state index in [-0.39, 0.29) is 12.7 Å². The number of hydrogen-bond donors (Lipinski definition) is 0. The largest absolute Gasteiger partial charge is 0.489 e.